The van der Waals surface area contributed by atoms with Crippen molar-refractivity contribution in [2.45, 2.75) is 4.90 Å². The van der Waals surface area contributed by atoms with E-state index in [1.165, 1.54) is 43.1 Å². The monoisotopic (exact) mass is 388 g/mol. The number of esters is 1. The van der Waals surface area contributed by atoms with Crippen molar-refractivity contribution in [3.63, 3.8) is 0 Å². The third kappa shape index (κ3) is 6.48. The van der Waals surface area contributed by atoms with Gasteiger partial charge in [0.05, 0.1) is 18.1 Å². The number of nitro benzene ring substituents is 1. The van der Waals surface area contributed by atoms with Crippen molar-refractivity contribution in [2.75, 3.05) is 19.0 Å². The molecule has 0 fully saturated rings. The molecule has 0 aliphatic rings. The summed E-state index contributed by atoms with van der Waals surface area (Å²) in [5.41, 5.74) is -0.342. The van der Waals surface area contributed by atoms with E-state index in [-0.39, 0.29) is 17.1 Å². The lowest BCUT2D eigenvalue weighted by molar-refractivity contribution is -0.384. The quantitative estimate of drug-likeness (QED) is 0.243. The first-order valence-electron chi connectivity index (χ1n) is 7.67. The number of carbonyl (C=O) groups excluding carboxylic acids is 2. The Kier molecular flexibility index (Phi) is 7.38. The summed E-state index contributed by atoms with van der Waals surface area (Å²) < 4.78 is 9.73. The molecular weight excluding hydrogens is 372 g/mol. The number of ether oxygens (including phenoxy) is 2. The Balaban J connectivity index is 1.85. The highest BCUT2D eigenvalue weighted by molar-refractivity contribution is 8.02. The van der Waals surface area contributed by atoms with Crippen molar-refractivity contribution in [3.05, 3.63) is 70.1 Å². The van der Waals surface area contributed by atoms with Gasteiger partial charge < -0.3 is 14.8 Å². The van der Waals surface area contributed by atoms with E-state index in [1.807, 2.05) is 30.3 Å². The Hall–Kier alpha value is -3.33. The molecule has 0 atom stereocenters. The summed E-state index contributed by atoms with van der Waals surface area (Å²) in [7, 11) is 1.38. The van der Waals surface area contributed by atoms with Crippen LogP contribution in [0.1, 0.15) is 0 Å². The summed E-state index contributed by atoms with van der Waals surface area (Å²) in [6, 6.07) is 13.4. The molecule has 0 aliphatic carbocycles. The standard InChI is InChI=1S/C18H16N2O6S/c1-25-13-7-8-15(16(11-13)20(23)24)19-17(21)12-26-18(22)9-10-27-14-5-3-2-4-6-14/h2-11H,12H2,1H3,(H,19,21)/b10-9+. The van der Waals surface area contributed by atoms with Gasteiger partial charge in [0.2, 0.25) is 0 Å². The molecule has 2 rings (SSSR count). The summed E-state index contributed by atoms with van der Waals surface area (Å²) >= 11 is 1.33. The second-order valence-corrected chi connectivity index (χ2v) is 6.01. The Morgan fingerprint density at radius 1 is 1.22 bits per heavy atom. The molecule has 8 nitrogen and oxygen atoms in total. The largest absolute Gasteiger partial charge is 0.496 e. The molecule has 2 aromatic rings. The molecule has 0 radical (unpaired) electrons. The molecule has 0 unspecified atom stereocenters. The van der Waals surface area contributed by atoms with Gasteiger partial charge in [0, 0.05) is 11.0 Å². The first kappa shape index (κ1) is 20.0. The SMILES string of the molecule is COc1ccc(NC(=O)COC(=O)/C=C/Sc2ccccc2)c([N+](=O)[O-])c1. The number of thioether (sulfide) groups is 1. The first-order valence-corrected chi connectivity index (χ1v) is 8.55. The van der Waals surface area contributed by atoms with Crippen LogP contribution in [-0.2, 0) is 14.3 Å². The van der Waals surface area contributed by atoms with Gasteiger partial charge >= 0.3 is 5.97 Å². The Labute approximate surface area is 159 Å². The summed E-state index contributed by atoms with van der Waals surface area (Å²) in [5.74, 6) is -1.11. The molecule has 9 heteroatoms. The van der Waals surface area contributed by atoms with E-state index < -0.39 is 23.4 Å². The van der Waals surface area contributed by atoms with Crippen LogP contribution in [0.2, 0.25) is 0 Å². The highest BCUT2D eigenvalue weighted by Crippen LogP contribution is 2.28. The predicted octanol–water partition coefficient (Wildman–Crippen LogP) is 3.39. The molecule has 1 amide bonds. The van der Waals surface area contributed by atoms with E-state index in [9.17, 15) is 19.7 Å². The van der Waals surface area contributed by atoms with E-state index in [0.717, 1.165) is 4.90 Å². The lowest BCUT2D eigenvalue weighted by Crippen LogP contribution is -2.20. The van der Waals surface area contributed by atoms with E-state index in [2.05, 4.69) is 5.32 Å². The van der Waals surface area contributed by atoms with E-state index >= 15 is 0 Å². The average molecular weight is 388 g/mol. The van der Waals surface area contributed by atoms with Crippen LogP contribution in [0.25, 0.3) is 0 Å². The number of anilines is 1. The van der Waals surface area contributed by atoms with Gasteiger partial charge in [-0.2, -0.15) is 0 Å². The zero-order valence-corrected chi connectivity index (χ0v) is 15.1. The van der Waals surface area contributed by atoms with Gasteiger partial charge in [-0.25, -0.2) is 4.79 Å². The van der Waals surface area contributed by atoms with Crippen molar-refractivity contribution in [1.29, 1.82) is 0 Å². The minimum absolute atomic E-state index is 0.0166. The van der Waals surface area contributed by atoms with Crippen LogP contribution >= 0.6 is 11.8 Å². The summed E-state index contributed by atoms with van der Waals surface area (Å²) in [5, 5.41) is 15.0. The highest BCUT2D eigenvalue weighted by Gasteiger charge is 2.17. The number of hydrogen-bond acceptors (Lipinski definition) is 7. The maximum Gasteiger partial charge on any atom is 0.331 e. The number of carbonyl (C=O) groups is 2. The zero-order chi connectivity index (χ0) is 19.6. The molecule has 27 heavy (non-hydrogen) atoms. The fourth-order valence-corrected chi connectivity index (χ4v) is 2.58. The number of benzene rings is 2. The van der Waals surface area contributed by atoms with E-state index in [4.69, 9.17) is 9.47 Å². The molecule has 0 saturated carbocycles. The molecule has 0 spiro atoms. The van der Waals surface area contributed by atoms with Gasteiger partial charge in [-0.3, -0.25) is 14.9 Å². The van der Waals surface area contributed by atoms with Crippen molar-refractivity contribution >= 4 is 35.0 Å². The van der Waals surface area contributed by atoms with Gasteiger partial charge in [-0.05, 0) is 29.7 Å². The van der Waals surface area contributed by atoms with Crippen molar-refractivity contribution < 1.29 is 24.0 Å². The van der Waals surface area contributed by atoms with E-state index in [0.29, 0.717) is 0 Å². The van der Waals surface area contributed by atoms with Gasteiger partial charge in [-0.1, -0.05) is 30.0 Å². The van der Waals surface area contributed by atoms with Crippen LogP contribution in [-0.4, -0.2) is 30.5 Å². The number of nitro groups is 1. The Bertz CT molecular complexity index is 854. The van der Waals surface area contributed by atoms with Crippen molar-refractivity contribution in [3.8, 4) is 5.75 Å². The smallest absolute Gasteiger partial charge is 0.331 e. The third-order valence-corrected chi connectivity index (χ3v) is 3.99. The van der Waals surface area contributed by atoms with Crippen LogP contribution < -0.4 is 10.1 Å². The minimum Gasteiger partial charge on any atom is -0.496 e. The normalized spacial score (nSPS) is 10.4. The summed E-state index contributed by atoms with van der Waals surface area (Å²) in [6.07, 6.45) is 1.20. The molecule has 0 saturated heterocycles. The molecule has 140 valence electrons. The number of methoxy groups -OCH3 is 1. The lowest BCUT2D eigenvalue weighted by Gasteiger charge is -2.07. The van der Waals surface area contributed by atoms with E-state index in [1.54, 1.807) is 5.41 Å². The van der Waals surface area contributed by atoms with Gasteiger partial charge in [0.25, 0.3) is 11.6 Å². The molecule has 1 N–H and O–H groups in total. The highest BCUT2D eigenvalue weighted by atomic mass is 32.2. The van der Waals surface area contributed by atoms with Crippen LogP contribution in [0.4, 0.5) is 11.4 Å². The Morgan fingerprint density at radius 2 is 1.96 bits per heavy atom. The second kappa shape index (κ2) is 9.97. The van der Waals surface area contributed by atoms with Gasteiger partial charge in [0.15, 0.2) is 6.61 Å². The Morgan fingerprint density at radius 3 is 2.63 bits per heavy atom. The number of nitrogens with one attached hydrogen (secondary N) is 1. The minimum atomic E-state index is -0.696. The maximum atomic E-state index is 11.9. The van der Waals surface area contributed by atoms with Crippen LogP contribution in [0.3, 0.4) is 0 Å². The molecule has 0 heterocycles. The summed E-state index contributed by atoms with van der Waals surface area (Å²) in [6.45, 7) is -0.567. The second-order valence-electron chi connectivity index (χ2n) is 5.03. The van der Waals surface area contributed by atoms with Crippen molar-refractivity contribution in [1.82, 2.24) is 0 Å². The molecular formula is C18H16N2O6S. The zero-order valence-electron chi connectivity index (χ0n) is 14.3. The molecule has 0 aliphatic heterocycles. The third-order valence-electron chi connectivity index (χ3n) is 3.17. The first-order chi connectivity index (χ1) is 13.0. The maximum absolute atomic E-state index is 11.9. The lowest BCUT2D eigenvalue weighted by atomic mass is 10.2. The fourth-order valence-electron chi connectivity index (χ4n) is 1.93. The number of hydrogen-bond donors (Lipinski definition) is 1. The average Bonchev–Trinajstić information content (AvgIpc) is 2.67. The van der Waals surface area contributed by atoms with Crippen LogP contribution in [0, 0.1) is 10.1 Å². The molecule has 0 bridgehead atoms. The number of nitrogens with zero attached hydrogens (tertiary/aromatic N) is 1. The number of rotatable bonds is 8. The topological polar surface area (TPSA) is 108 Å². The van der Waals surface area contributed by atoms with Gasteiger partial charge in [0.1, 0.15) is 11.4 Å². The van der Waals surface area contributed by atoms with Crippen LogP contribution in [0.15, 0.2) is 64.9 Å². The van der Waals surface area contributed by atoms with Crippen LogP contribution in [0.5, 0.6) is 5.75 Å². The van der Waals surface area contributed by atoms with Crippen molar-refractivity contribution in [2.24, 2.45) is 0 Å². The predicted molar refractivity (Wildman–Crippen MR) is 101 cm³/mol. The summed E-state index contributed by atoms with van der Waals surface area (Å²) in [4.78, 5) is 34.9. The van der Waals surface area contributed by atoms with Gasteiger partial charge in [-0.15, -0.1) is 0 Å². The fraction of sp³-hybridized carbons (Fsp3) is 0.111. The molecule has 2 aromatic carbocycles. The number of amides is 1. The molecule has 0 aromatic heterocycles.